The first-order chi connectivity index (χ1) is 19.5. The Kier molecular flexibility index (Phi) is 9.55. The molecule has 3 N–H and O–H groups in total. The molecule has 2 aliphatic rings. The Morgan fingerprint density at radius 2 is 1.82 bits per heavy atom. The van der Waals surface area contributed by atoms with Gasteiger partial charge in [0.15, 0.2) is 5.82 Å². The van der Waals surface area contributed by atoms with E-state index in [1.807, 2.05) is 36.4 Å². The van der Waals surface area contributed by atoms with Crippen LogP contribution in [0.1, 0.15) is 18.4 Å². The summed E-state index contributed by atoms with van der Waals surface area (Å²) in [6.07, 6.45) is 3.77. The average molecular weight is 588 g/mol. The second-order valence-corrected chi connectivity index (χ2v) is 10.9. The minimum atomic E-state index is -2.71. The Morgan fingerprint density at radius 1 is 1.05 bits per heavy atom. The predicted octanol–water partition coefficient (Wildman–Crippen LogP) is 3.54. The first-order valence-electron chi connectivity index (χ1n) is 13.3. The van der Waals surface area contributed by atoms with Gasteiger partial charge in [0, 0.05) is 56.2 Å². The molecule has 1 aromatic heterocycles. The molecule has 2 aromatic carbocycles. The van der Waals surface area contributed by atoms with Gasteiger partial charge in [0.1, 0.15) is 10.8 Å². The van der Waals surface area contributed by atoms with Gasteiger partial charge in [-0.15, -0.1) is 0 Å². The van der Waals surface area contributed by atoms with Gasteiger partial charge in [-0.25, -0.2) is 18.1 Å². The standard InChI is InChI=1S/C27H34ClN7O4S/c1-38-25-16-21(34-10-8-20(9-11-34)35-12-14-39-15-13-35)6-7-24(25)32-27-29-18-22(28)26(33-27)31-23-5-3-2-4-19(23)17-30-40(36)37/h2-7,16,18,20,40H,8-15,17H2,1H3,(H,30,36,37)(H2,29,31,32,33). The van der Waals surface area contributed by atoms with E-state index in [0.717, 1.165) is 69.2 Å². The second-order valence-electron chi connectivity index (χ2n) is 9.64. The number of hydrogen-bond donors (Lipinski definition) is 4. The number of methoxy groups -OCH3 is 1. The van der Waals surface area contributed by atoms with Gasteiger partial charge in [0.05, 0.1) is 32.2 Å². The number of halogens is 1. The minimum Gasteiger partial charge on any atom is -0.494 e. The third-order valence-electron chi connectivity index (χ3n) is 7.24. The molecule has 0 radical (unpaired) electrons. The number of para-hydroxylation sites is 1. The van der Waals surface area contributed by atoms with Crippen molar-refractivity contribution in [2.24, 2.45) is 0 Å². The van der Waals surface area contributed by atoms with Crippen molar-refractivity contribution in [3.05, 3.63) is 59.2 Å². The Hall–Kier alpha value is -3.16. The van der Waals surface area contributed by atoms with Crippen LogP contribution in [-0.4, -0.2) is 75.8 Å². The normalized spacial score (nSPS) is 16.7. The zero-order valence-electron chi connectivity index (χ0n) is 22.3. The maximum absolute atomic E-state index is 11.0. The van der Waals surface area contributed by atoms with Gasteiger partial charge in [-0.05, 0) is 36.6 Å². The number of hydrogen-bond acceptors (Lipinski definition) is 10. The molecule has 3 aromatic rings. The fourth-order valence-electron chi connectivity index (χ4n) is 5.12. The van der Waals surface area contributed by atoms with Crippen LogP contribution in [0.25, 0.3) is 0 Å². The summed E-state index contributed by atoms with van der Waals surface area (Å²) in [7, 11) is -1.07. The van der Waals surface area contributed by atoms with Crippen LogP contribution >= 0.6 is 11.6 Å². The van der Waals surface area contributed by atoms with E-state index in [0.29, 0.717) is 34.3 Å². The van der Waals surface area contributed by atoms with E-state index in [9.17, 15) is 8.42 Å². The molecule has 11 nitrogen and oxygen atoms in total. The number of rotatable bonds is 10. The maximum Gasteiger partial charge on any atom is 0.229 e. The molecule has 0 unspecified atom stereocenters. The Bertz CT molecular complexity index is 1370. The molecule has 214 valence electrons. The SMILES string of the molecule is COc1cc(N2CCC(N3CCOCC3)CC2)ccc1Nc1ncc(Cl)c(Nc2ccccc2CN[SH](=O)=O)n1. The van der Waals surface area contributed by atoms with Gasteiger partial charge >= 0.3 is 0 Å². The van der Waals surface area contributed by atoms with Crippen LogP contribution in [0, 0.1) is 0 Å². The highest BCUT2D eigenvalue weighted by atomic mass is 35.5. The Morgan fingerprint density at radius 3 is 2.58 bits per heavy atom. The number of benzene rings is 2. The monoisotopic (exact) mass is 587 g/mol. The van der Waals surface area contributed by atoms with Crippen molar-refractivity contribution in [2.45, 2.75) is 25.4 Å². The van der Waals surface area contributed by atoms with Crippen LogP contribution in [0.5, 0.6) is 5.75 Å². The van der Waals surface area contributed by atoms with Gasteiger partial charge < -0.3 is 25.0 Å². The topological polar surface area (TPSA) is 121 Å². The summed E-state index contributed by atoms with van der Waals surface area (Å²) in [6.45, 7) is 5.84. The molecule has 2 fully saturated rings. The highest BCUT2D eigenvalue weighted by Crippen LogP contribution is 2.34. The molecular formula is C27H34ClN7O4S. The van der Waals surface area contributed by atoms with Gasteiger partial charge in [0.25, 0.3) is 0 Å². The fourth-order valence-corrected chi connectivity index (χ4v) is 5.56. The van der Waals surface area contributed by atoms with Crippen molar-refractivity contribution in [3.8, 4) is 5.75 Å². The number of nitrogens with one attached hydrogen (secondary N) is 3. The summed E-state index contributed by atoms with van der Waals surface area (Å²) in [4.78, 5) is 13.9. The van der Waals surface area contributed by atoms with E-state index in [-0.39, 0.29) is 6.54 Å². The minimum absolute atomic E-state index is 0.143. The molecule has 0 amide bonds. The van der Waals surface area contributed by atoms with Gasteiger partial charge in [0.2, 0.25) is 16.8 Å². The number of aromatic nitrogens is 2. The van der Waals surface area contributed by atoms with Gasteiger partial charge in [-0.1, -0.05) is 29.8 Å². The molecule has 2 aliphatic heterocycles. The number of piperidine rings is 1. The highest BCUT2D eigenvalue weighted by molar-refractivity contribution is 7.70. The average Bonchev–Trinajstić information content (AvgIpc) is 2.99. The lowest BCUT2D eigenvalue weighted by atomic mass is 10.0. The van der Waals surface area contributed by atoms with Crippen molar-refractivity contribution in [1.29, 1.82) is 0 Å². The fraction of sp³-hybridized carbons (Fsp3) is 0.407. The van der Waals surface area contributed by atoms with E-state index >= 15 is 0 Å². The van der Waals surface area contributed by atoms with Crippen LogP contribution in [-0.2, 0) is 22.2 Å². The molecule has 0 aliphatic carbocycles. The second kappa shape index (κ2) is 13.5. The molecular weight excluding hydrogens is 554 g/mol. The van der Waals surface area contributed by atoms with E-state index in [1.54, 1.807) is 7.11 Å². The van der Waals surface area contributed by atoms with Crippen molar-refractivity contribution in [3.63, 3.8) is 0 Å². The molecule has 5 rings (SSSR count). The van der Waals surface area contributed by atoms with Crippen LogP contribution in [0.15, 0.2) is 48.7 Å². The van der Waals surface area contributed by atoms with Gasteiger partial charge in [-0.2, -0.15) is 4.98 Å². The Labute approximate surface area is 240 Å². The van der Waals surface area contributed by atoms with Crippen molar-refractivity contribution < 1.29 is 17.9 Å². The molecule has 0 bridgehead atoms. The summed E-state index contributed by atoms with van der Waals surface area (Å²) >= 11 is 6.39. The lowest BCUT2D eigenvalue weighted by Gasteiger charge is -2.40. The number of anilines is 5. The summed E-state index contributed by atoms with van der Waals surface area (Å²) in [5.74, 6) is 1.41. The number of ether oxygens (including phenoxy) is 2. The van der Waals surface area contributed by atoms with Crippen LogP contribution < -0.4 is 25.0 Å². The lowest BCUT2D eigenvalue weighted by molar-refractivity contribution is 0.0115. The molecule has 13 heteroatoms. The van der Waals surface area contributed by atoms with Crippen molar-refractivity contribution in [2.75, 3.05) is 62.0 Å². The molecule has 40 heavy (non-hydrogen) atoms. The quantitative estimate of drug-likeness (QED) is 0.262. The third-order valence-corrected chi connectivity index (χ3v) is 7.93. The molecule has 0 saturated carbocycles. The zero-order valence-corrected chi connectivity index (χ0v) is 24.0. The smallest absolute Gasteiger partial charge is 0.229 e. The molecule has 3 heterocycles. The van der Waals surface area contributed by atoms with E-state index < -0.39 is 10.9 Å². The summed E-state index contributed by atoms with van der Waals surface area (Å²) in [5.41, 5.74) is 3.27. The largest absolute Gasteiger partial charge is 0.494 e. The van der Waals surface area contributed by atoms with Gasteiger partial charge in [-0.3, -0.25) is 4.90 Å². The first kappa shape index (κ1) is 28.4. The lowest BCUT2D eigenvalue weighted by Crippen LogP contribution is -2.49. The molecule has 2 saturated heterocycles. The van der Waals surface area contributed by atoms with Crippen LogP contribution in [0.3, 0.4) is 0 Å². The highest BCUT2D eigenvalue weighted by Gasteiger charge is 2.26. The van der Waals surface area contributed by atoms with E-state index in [4.69, 9.17) is 21.1 Å². The van der Waals surface area contributed by atoms with E-state index in [1.165, 1.54) is 6.20 Å². The number of morpholine rings is 1. The molecule has 0 spiro atoms. The van der Waals surface area contributed by atoms with Crippen LogP contribution in [0.2, 0.25) is 5.02 Å². The first-order valence-corrected chi connectivity index (χ1v) is 14.8. The summed E-state index contributed by atoms with van der Waals surface area (Å²) < 4.78 is 35.6. The maximum atomic E-state index is 11.0. The van der Waals surface area contributed by atoms with Crippen molar-refractivity contribution in [1.82, 2.24) is 19.6 Å². The Balaban J connectivity index is 1.26. The van der Waals surface area contributed by atoms with E-state index in [2.05, 4.69) is 41.2 Å². The number of nitrogens with zero attached hydrogens (tertiary/aromatic N) is 4. The van der Waals surface area contributed by atoms with Crippen molar-refractivity contribution >= 4 is 51.3 Å². The number of thiol groups is 1. The van der Waals surface area contributed by atoms with Crippen LogP contribution in [0.4, 0.5) is 28.8 Å². The third kappa shape index (κ3) is 7.12. The zero-order chi connectivity index (χ0) is 27.9. The summed E-state index contributed by atoms with van der Waals surface area (Å²) in [5, 5.41) is 6.75. The predicted molar refractivity (Wildman–Crippen MR) is 158 cm³/mol. The summed E-state index contributed by atoms with van der Waals surface area (Å²) in [6, 6.07) is 14.0. The molecule has 0 atom stereocenters.